The second kappa shape index (κ2) is 9.34. The zero-order valence-corrected chi connectivity index (χ0v) is 15.5. The summed E-state index contributed by atoms with van der Waals surface area (Å²) in [6.45, 7) is 3.12. The lowest BCUT2D eigenvalue weighted by Gasteiger charge is -2.23. The molecule has 0 saturated carbocycles. The van der Waals surface area contributed by atoms with E-state index in [1.807, 2.05) is 0 Å². The number of Topliss-reactive ketones (excluding diaryl/α,β-unsaturated/α-hetero) is 2. The van der Waals surface area contributed by atoms with Crippen molar-refractivity contribution in [3.63, 3.8) is 0 Å². The van der Waals surface area contributed by atoms with Crippen LogP contribution in [0.2, 0.25) is 6.82 Å². The highest BCUT2D eigenvalue weighted by molar-refractivity contribution is 6.46. The summed E-state index contributed by atoms with van der Waals surface area (Å²) < 4.78 is 14.4. The molecule has 2 rings (SSSR count). The summed E-state index contributed by atoms with van der Waals surface area (Å²) in [5, 5.41) is 23.5. The summed E-state index contributed by atoms with van der Waals surface area (Å²) in [4.78, 5) is 36.8. The Bertz CT molecular complexity index is 876. The molecule has 0 fully saturated rings. The van der Waals surface area contributed by atoms with Gasteiger partial charge in [-0.3, -0.25) is 19.7 Å². The number of benzene rings is 2. The molecular weight excluding hydrogens is 366 g/mol. The monoisotopic (exact) mass is 386 g/mol. The van der Waals surface area contributed by atoms with Crippen molar-refractivity contribution in [2.45, 2.75) is 32.1 Å². The normalized spacial score (nSPS) is 12.9. The average Bonchev–Trinajstić information content (AvgIpc) is 2.66. The first-order valence-corrected chi connectivity index (χ1v) is 8.77. The lowest BCUT2D eigenvalue weighted by Crippen LogP contribution is -2.47. The minimum atomic E-state index is -1.45. The topological polar surface area (TPSA) is 110 Å². The molecule has 0 spiro atoms. The van der Waals surface area contributed by atoms with E-state index in [0.29, 0.717) is 5.56 Å². The van der Waals surface area contributed by atoms with Crippen LogP contribution < -0.4 is 5.23 Å². The third-order valence-corrected chi connectivity index (χ3v) is 4.31. The molecule has 2 atom stereocenters. The molecule has 0 aromatic heterocycles. The van der Waals surface area contributed by atoms with Crippen LogP contribution in [0, 0.1) is 15.9 Å². The van der Waals surface area contributed by atoms with Crippen LogP contribution in [0.3, 0.4) is 0 Å². The van der Waals surface area contributed by atoms with Gasteiger partial charge in [0.2, 0.25) is 0 Å². The summed E-state index contributed by atoms with van der Waals surface area (Å²) >= 11 is 0. The number of hydrogen-bond donors (Lipinski definition) is 2. The predicted octanol–water partition coefficient (Wildman–Crippen LogP) is 2.75. The number of nitrogens with zero attached hydrogens (tertiary/aromatic N) is 1. The molecule has 0 heterocycles. The molecule has 0 aliphatic rings. The molecule has 146 valence electrons. The van der Waals surface area contributed by atoms with E-state index in [9.17, 15) is 29.1 Å². The van der Waals surface area contributed by atoms with Gasteiger partial charge in [-0.2, -0.15) is 0 Å². The first-order valence-electron chi connectivity index (χ1n) is 8.77. The van der Waals surface area contributed by atoms with Crippen molar-refractivity contribution in [1.29, 1.82) is 0 Å². The van der Waals surface area contributed by atoms with E-state index in [0.717, 1.165) is 18.2 Å². The minimum absolute atomic E-state index is 0.264. The Labute approximate surface area is 161 Å². The summed E-state index contributed by atoms with van der Waals surface area (Å²) in [5.74, 6) is -4.11. The van der Waals surface area contributed by atoms with E-state index in [1.165, 1.54) is 19.0 Å². The number of ketones is 2. The maximum Gasteiger partial charge on any atom is 0.374 e. The molecule has 0 aliphatic heterocycles. The van der Waals surface area contributed by atoms with Crippen LogP contribution in [0.1, 0.15) is 35.2 Å². The Morgan fingerprint density at radius 3 is 2.39 bits per heavy atom. The molecule has 0 saturated heterocycles. The maximum absolute atomic E-state index is 14.4. The summed E-state index contributed by atoms with van der Waals surface area (Å²) in [5.41, 5.74) is -1.14. The smallest absolute Gasteiger partial charge is 0.374 e. The third-order valence-electron chi connectivity index (χ3n) is 4.31. The summed E-state index contributed by atoms with van der Waals surface area (Å²) in [6, 6.07) is 10.2. The predicted molar refractivity (Wildman–Crippen MR) is 103 cm³/mol. The minimum Gasteiger partial charge on any atom is -0.437 e. The van der Waals surface area contributed by atoms with Crippen molar-refractivity contribution >= 4 is 24.3 Å². The van der Waals surface area contributed by atoms with Gasteiger partial charge in [0.05, 0.1) is 11.0 Å². The van der Waals surface area contributed by atoms with Crippen LogP contribution >= 0.6 is 0 Å². The van der Waals surface area contributed by atoms with E-state index >= 15 is 0 Å². The number of nitro benzene ring substituents is 1. The van der Waals surface area contributed by atoms with E-state index in [-0.39, 0.29) is 6.42 Å². The van der Waals surface area contributed by atoms with Crippen molar-refractivity contribution in [3.05, 3.63) is 75.6 Å². The van der Waals surface area contributed by atoms with E-state index in [4.69, 9.17) is 0 Å². The molecule has 2 aromatic rings. The molecule has 0 bridgehead atoms. The van der Waals surface area contributed by atoms with Crippen molar-refractivity contribution in [2.24, 2.45) is 0 Å². The van der Waals surface area contributed by atoms with Gasteiger partial charge in [0.15, 0.2) is 11.6 Å². The van der Waals surface area contributed by atoms with E-state index in [1.54, 1.807) is 25.1 Å². The molecule has 2 aromatic carbocycles. The Balaban J connectivity index is 2.60. The van der Waals surface area contributed by atoms with Gasteiger partial charge in [0, 0.05) is 6.07 Å². The maximum atomic E-state index is 14.4. The molecule has 0 amide bonds. The van der Waals surface area contributed by atoms with Gasteiger partial charge in [0.1, 0.15) is 17.3 Å². The molecule has 1 unspecified atom stereocenters. The third kappa shape index (κ3) is 4.68. The Morgan fingerprint density at radius 1 is 1.21 bits per heavy atom. The van der Waals surface area contributed by atoms with Crippen LogP contribution in [0.25, 0.3) is 0 Å². The van der Waals surface area contributed by atoms with Gasteiger partial charge in [-0.15, -0.1) is 0 Å². The molecule has 0 aliphatic carbocycles. The van der Waals surface area contributed by atoms with Gasteiger partial charge in [-0.05, 0) is 24.9 Å². The first-order chi connectivity index (χ1) is 13.3. The fraction of sp³-hybridized carbons (Fsp3) is 0.263. The van der Waals surface area contributed by atoms with Crippen LogP contribution in [0.4, 0.5) is 10.1 Å². The van der Waals surface area contributed by atoms with Crippen LogP contribution in [-0.2, 0) is 4.79 Å². The number of rotatable bonds is 9. The fourth-order valence-corrected chi connectivity index (χ4v) is 3.04. The number of carbonyl (C=O) groups excluding carboxylic acids is 2. The van der Waals surface area contributed by atoms with Gasteiger partial charge in [0.25, 0.3) is 5.69 Å². The van der Waals surface area contributed by atoms with Gasteiger partial charge < -0.3 is 10.3 Å². The number of nitro groups is 1. The zero-order chi connectivity index (χ0) is 20.8. The quantitative estimate of drug-likeness (QED) is 0.226. The highest BCUT2D eigenvalue weighted by Gasteiger charge is 2.38. The van der Waals surface area contributed by atoms with Crippen molar-refractivity contribution < 1.29 is 23.9 Å². The molecule has 9 heteroatoms. The van der Waals surface area contributed by atoms with Gasteiger partial charge >= 0.3 is 7.05 Å². The highest BCUT2D eigenvalue weighted by atomic mass is 19.1. The Morgan fingerprint density at radius 2 is 1.86 bits per heavy atom. The SMILES string of the molecule is CC[C@H](NB(C)O)C(=O)C(C(=O)c1c(F)cccc1[N+](=O)[O-])c1ccccc1. The van der Waals surface area contributed by atoms with Crippen LogP contribution in [0.5, 0.6) is 0 Å². The number of nitrogens with one attached hydrogen (secondary N) is 1. The largest absolute Gasteiger partial charge is 0.437 e. The van der Waals surface area contributed by atoms with Crippen LogP contribution in [-0.4, -0.2) is 34.6 Å². The average molecular weight is 386 g/mol. The standard InChI is InChI=1S/C19H20BFN2O5/c1-3-14(22-20(2)26)18(24)16(12-8-5-4-6-9-12)19(25)17-13(21)10-7-11-15(17)23(27)28/h4-11,14,16,22,26H,3H2,1-2H3/t14-,16?/m0/s1. The van der Waals surface area contributed by atoms with Crippen molar-refractivity contribution in [2.75, 3.05) is 0 Å². The number of hydrogen-bond acceptors (Lipinski definition) is 6. The second-order valence-corrected chi connectivity index (χ2v) is 6.30. The summed E-state index contributed by atoms with van der Waals surface area (Å²) in [7, 11) is -1.01. The van der Waals surface area contributed by atoms with Crippen molar-refractivity contribution in [3.8, 4) is 0 Å². The van der Waals surface area contributed by atoms with Gasteiger partial charge in [-0.25, -0.2) is 4.39 Å². The van der Waals surface area contributed by atoms with E-state index in [2.05, 4.69) is 5.23 Å². The van der Waals surface area contributed by atoms with Crippen LogP contribution in [0.15, 0.2) is 48.5 Å². The first kappa shape index (κ1) is 21.4. The zero-order valence-electron chi connectivity index (χ0n) is 15.5. The Kier molecular flexibility index (Phi) is 7.14. The molecule has 28 heavy (non-hydrogen) atoms. The number of carbonyl (C=O) groups is 2. The molecule has 0 radical (unpaired) electrons. The number of halogens is 1. The summed E-state index contributed by atoms with van der Waals surface area (Å²) in [6.07, 6.45) is 0.264. The van der Waals surface area contributed by atoms with Crippen molar-refractivity contribution in [1.82, 2.24) is 5.23 Å². The van der Waals surface area contributed by atoms with Gasteiger partial charge in [-0.1, -0.05) is 43.3 Å². The molecular formula is C19H20BFN2O5. The lowest BCUT2D eigenvalue weighted by atomic mass is 9.80. The Hall–Kier alpha value is -2.91. The van der Waals surface area contributed by atoms with E-state index < -0.39 is 52.6 Å². The second-order valence-electron chi connectivity index (χ2n) is 6.30. The highest BCUT2D eigenvalue weighted by Crippen LogP contribution is 2.30. The molecule has 2 N–H and O–H groups in total. The fourth-order valence-electron chi connectivity index (χ4n) is 3.04. The lowest BCUT2D eigenvalue weighted by molar-refractivity contribution is -0.385. The molecule has 7 nitrogen and oxygen atoms in total.